The van der Waals surface area contributed by atoms with Crippen LogP contribution in [0.2, 0.25) is 0 Å². The lowest BCUT2D eigenvalue weighted by atomic mass is 9.56. The first-order valence-corrected chi connectivity index (χ1v) is 14.8. The lowest BCUT2D eigenvalue weighted by Gasteiger charge is -2.50. The van der Waals surface area contributed by atoms with E-state index in [9.17, 15) is 34.4 Å². The fraction of sp³-hybridized carbons (Fsp3) is 0.357. The molecule has 2 aromatic rings. The number of phenolic OH excluding ortho intramolecular Hbond substituents is 1. The molecule has 6 atom stereocenters. The number of hydrogen-bond donors (Lipinski definition) is 1. The standard InChI is InChI=1S/C28H22BrCl2N3O8/c1-42-20-10-15(35)6-7-17(20)22-16-8-9-18-21(19(16)11-27(30)25(38)32(12-29)26(39)28(22,27)31)24(37)33(23(18)36)13-2-4-14(5-3-13)34(40)41/h2-8,10,18-19,21-22,35H,9,11-12H2,1H3/t18-,19+,21-,22+,27+,28-/m0/s1. The highest BCUT2D eigenvalue weighted by Crippen LogP contribution is 2.66. The Morgan fingerprint density at radius 1 is 1.07 bits per heavy atom. The van der Waals surface area contributed by atoms with Gasteiger partial charge in [-0.15, -0.1) is 23.2 Å². The number of ether oxygens (including phenoxy) is 1. The number of phenols is 1. The summed E-state index contributed by atoms with van der Waals surface area (Å²) in [4.78, 5) is 63.7. The Hall–Kier alpha value is -3.48. The zero-order valence-corrected chi connectivity index (χ0v) is 24.9. The number of rotatable bonds is 5. The second kappa shape index (κ2) is 9.78. The first kappa shape index (κ1) is 28.6. The second-order valence-electron chi connectivity index (χ2n) is 10.7. The first-order valence-electron chi connectivity index (χ1n) is 12.9. The third kappa shape index (κ3) is 3.64. The average molecular weight is 679 g/mol. The molecule has 0 aromatic heterocycles. The van der Waals surface area contributed by atoms with Gasteiger partial charge in [0.2, 0.25) is 11.8 Å². The summed E-state index contributed by atoms with van der Waals surface area (Å²) < 4.78 is 5.54. The minimum atomic E-state index is -2.01. The number of nitro groups is 1. The zero-order chi connectivity index (χ0) is 30.3. The number of nitro benzene ring substituents is 1. The van der Waals surface area contributed by atoms with Gasteiger partial charge in [-0.3, -0.25) is 39.1 Å². The summed E-state index contributed by atoms with van der Waals surface area (Å²) in [5.41, 5.74) is 0.778. The van der Waals surface area contributed by atoms with E-state index >= 15 is 0 Å². The molecule has 14 heteroatoms. The number of fused-ring (bicyclic) bond motifs is 4. The van der Waals surface area contributed by atoms with Crippen LogP contribution in [0.5, 0.6) is 11.5 Å². The van der Waals surface area contributed by atoms with Gasteiger partial charge in [-0.05, 0) is 37.0 Å². The molecule has 4 amide bonds. The Labute approximate surface area is 257 Å². The number of methoxy groups -OCH3 is 1. The summed E-state index contributed by atoms with van der Waals surface area (Å²) >= 11 is 17.6. The van der Waals surface area contributed by atoms with Crippen molar-refractivity contribution < 1.29 is 33.9 Å². The fourth-order valence-corrected chi connectivity index (χ4v) is 8.43. The monoisotopic (exact) mass is 677 g/mol. The molecule has 42 heavy (non-hydrogen) atoms. The van der Waals surface area contributed by atoms with Crippen molar-refractivity contribution in [2.75, 3.05) is 17.5 Å². The van der Waals surface area contributed by atoms with Crippen molar-refractivity contribution >= 4 is 74.1 Å². The number of allylic oxidation sites excluding steroid dienone is 2. The summed E-state index contributed by atoms with van der Waals surface area (Å²) in [7, 11) is 1.38. The highest BCUT2D eigenvalue weighted by molar-refractivity contribution is 9.09. The molecule has 2 saturated heterocycles. The Morgan fingerprint density at radius 2 is 1.76 bits per heavy atom. The predicted octanol–water partition coefficient (Wildman–Crippen LogP) is 4.22. The minimum absolute atomic E-state index is 0.104. The summed E-state index contributed by atoms with van der Waals surface area (Å²) in [5.74, 6) is -5.90. The molecule has 2 aromatic carbocycles. The van der Waals surface area contributed by atoms with Crippen LogP contribution in [0.1, 0.15) is 24.3 Å². The molecule has 0 unspecified atom stereocenters. The van der Waals surface area contributed by atoms with Crippen molar-refractivity contribution in [3.63, 3.8) is 0 Å². The van der Waals surface area contributed by atoms with E-state index in [-0.39, 0.29) is 41.2 Å². The Kier molecular flexibility index (Phi) is 6.67. The zero-order valence-electron chi connectivity index (χ0n) is 21.8. The van der Waals surface area contributed by atoms with Gasteiger partial charge in [0, 0.05) is 29.7 Å². The van der Waals surface area contributed by atoms with Gasteiger partial charge in [-0.25, -0.2) is 0 Å². The number of carbonyl (C=O) groups is 4. The molecular formula is C28H22BrCl2N3O8. The molecule has 0 bridgehead atoms. The van der Waals surface area contributed by atoms with Crippen molar-refractivity contribution in [3.05, 3.63) is 69.8 Å². The van der Waals surface area contributed by atoms with Crippen LogP contribution < -0.4 is 9.64 Å². The van der Waals surface area contributed by atoms with Gasteiger partial charge in [0.1, 0.15) is 11.5 Å². The molecule has 2 aliphatic heterocycles. The first-order chi connectivity index (χ1) is 19.9. The molecule has 2 aliphatic carbocycles. The van der Waals surface area contributed by atoms with Crippen LogP contribution in [0.4, 0.5) is 11.4 Å². The van der Waals surface area contributed by atoms with E-state index in [0.29, 0.717) is 11.1 Å². The number of hydrogen-bond acceptors (Lipinski definition) is 8. The quantitative estimate of drug-likeness (QED) is 0.123. The normalized spacial score (nSPS) is 32.0. The number of non-ortho nitro benzene ring substituents is 1. The van der Waals surface area contributed by atoms with Crippen LogP contribution in [-0.4, -0.2) is 60.9 Å². The van der Waals surface area contributed by atoms with Gasteiger partial charge in [-0.2, -0.15) is 0 Å². The molecule has 1 saturated carbocycles. The molecule has 1 N–H and O–H groups in total. The maximum atomic E-state index is 14.0. The Balaban J connectivity index is 1.51. The van der Waals surface area contributed by atoms with E-state index in [0.717, 1.165) is 9.80 Å². The molecule has 4 aliphatic rings. The van der Waals surface area contributed by atoms with E-state index < -0.39 is 62.0 Å². The van der Waals surface area contributed by atoms with Crippen LogP contribution in [0.25, 0.3) is 0 Å². The van der Waals surface area contributed by atoms with E-state index in [1.807, 2.05) is 0 Å². The number of anilines is 1. The number of imide groups is 2. The Bertz CT molecular complexity index is 1620. The molecule has 11 nitrogen and oxygen atoms in total. The van der Waals surface area contributed by atoms with E-state index in [1.165, 1.54) is 49.6 Å². The highest BCUT2D eigenvalue weighted by Gasteiger charge is 2.76. The number of benzene rings is 2. The second-order valence-corrected chi connectivity index (χ2v) is 12.4. The van der Waals surface area contributed by atoms with E-state index in [4.69, 9.17) is 27.9 Å². The topological polar surface area (TPSA) is 147 Å². The van der Waals surface area contributed by atoms with E-state index in [1.54, 1.807) is 6.08 Å². The highest BCUT2D eigenvalue weighted by atomic mass is 79.9. The van der Waals surface area contributed by atoms with Gasteiger partial charge in [0.05, 0.1) is 35.0 Å². The maximum absolute atomic E-state index is 14.0. The molecular weight excluding hydrogens is 657 g/mol. The van der Waals surface area contributed by atoms with Crippen LogP contribution >= 0.6 is 39.1 Å². The van der Waals surface area contributed by atoms with Crippen LogP contribution in [0.3, 0.4) is 0 Å². The number of carbonyl (C=O) groups excluding carboxylic acids is 4. The minimum Gasteiger partial charge on any atom is -0.508 e. The summed E-state index contributed by atoms with van der Waals surface area (Å²) in [6.45, 7) is 0. The molecule has 218 valence electrons. The lowest BCUT2D eigenvalue weighted by molar-refractivity contribution is -0.384. The maximum Gasteiger partial charge on any atom is 0.269 e. The number of likely N-dealkylation sites (tertiary alicyclic amines) is 1. The number of aromatic hydroxyl groups is 1. The number of amides is 4. The number of halogens is 3. The number of alkyl halides is 3. The predicted molar refractivity (Wildman–Crippen MR) is 154 cm³/mol. The average Bonchev–Trinajstić information content (AvgIpc) is 3.31. The lowest BCUT2D eigenvalue weighted by Crippen LogP contribution is -2.60. The van der Waals surface area contributed by atoms with Crippen LogP contribution in [-0.2, 0) is 19.2 Å². The molecule has 0 spiro atoms. The summed E-state index contributed by atoms with van der Waals surface area (Å²) in [6.07, 6.45) is 1.74. The SMILES string of the molecule is COc1cc(O)ccc1[C@H]1C2=CC[C@@H]3C(=O)N(c4ccc([N+](=O)[O-])cc4)C(=O)[C@@H]3[C@@H]2C[C@@]2(Cl)C(=O)N(CBr)C(=O)[C@@]12Cl. The smallest absolute Gasteiger partial charge is 0.269 e. The van der Waals surface area contributed by atoms with Crippen molar-refractivity contribution in [1.82, 2.24) is 4.90 Å². The van der Waals surface area contributed by atoms with Crippen molar-refractivity contribution in [2.45, 2.75) is 28.5 Å². The Morgan fingerprint density at radius 3 is 2.38 bits per heavy atom. The van der Waals surface area contributed by atoms with Gasteiger partial charge >= 0.3 is 0 Å². The molecule has 3 fully saturated rings. The summed E-state index contributed by atoms with van der Waals surface area (Å²) in [6, 6.07) is 9.38. The van der Waals surface area contributed by atoms with Gasteiger partial charge < -0.3 is 9.84 Å². The van der Waals surface area contributed by atoms with E-state index in [2.05, 4.69) is 15.9 Å². The van der Waals surface area contributed by atoms with Crippen molar-refractivity contribution in [2.24, 2.45) is 17.8 Å². The fourth-order valence-electron chi connectivity index (χ4n) is 7.01. The third-order valence-electron chi connectivity index (χ3n) is 8.86. The van der Waals surface area contributed by atoms with Gasteiger partial charge in [0.15, 0.2) is 9.75 Å². The number of nitrogens with zero attached hydrogens (tertiary/aromatic N) is 3. The largest absolute Gasteiger partial charge is 0.508 e. The summed E-state index contributed by atoms with van der Waals surface area (Å²) in [5, 5.41) is 21.3. The molecule has 6 rings (SSSR count). The van der Waals surface area contributed by atoms with Crippen molar-refractivity contribution in [1.29, 1.82) is 0 Å². The van der Waals surface area contributed by atoms with Gasteiger partial charge in [0.25, 0.3) is 17.5 Å². The van der Waals surface area contributed by atoms with Crippen LogP contribution in [0, 0.1) is 27.9 Å². The molecule has 2 heterocycles. The van der Waals surface area contributed by atoms with Gasteiger partial charge in [-0.1, -0.05) is 33.6 Å². The molecule has 0 radical (unpaired) electrons. The third-order valence-corrected chi connectivity index (χ3v) is 10.8. The van der Waals surface area contributed by atoms with Crippen molar-refractivity contribution in [3.8, 4) is 11.5 Å². The van der Waals surface area contributed by atoms with Crippen LogP contribution in [0.15, 0.2) is 54.1 Å².